The second kappa shape index (κ2) is 8.75. The number of carbonyl (C=O) groups is 1. The van der Waals surface area contributed by atoms with Crippen LogP contribution in [0.3, 0.4) is 0 Å². The number of pyridine rings is 3. The third kappa shape index (κ3) is 3.99. The monoisotopic (exact) mass is 478 g/mol. The summed E-state index contributed by atoms with van der Waals surface area (Å²) in [6.07, 6.45) is 10.2. The third-order valence-corrected chi connectivity index (χ3v) is 5.82. The van der Waals surface area contributed by atoms with Crippen LogP contribution in [-0.2, 0) is 4.79 Å². The van der Waals surface area contributed by atoms with Crippen LogP contribution in [0.25, 0.3) is 55.7 Å². The molecule has 6 heterocycles. The Hall–Kier alpha value is -4.83. The number of anilines is 1. The van der Waals surface area contributed by atoms with Gasteiger partial charge in [0.15, 0.2) is 0 Å². The summed E-state index contributed by atoms with van der Waals surface area (Å²) in [6, 6.07) is 9.70. The number of nitrogens with zero attached hydrogens (tertiary/aromatic N) is 5. The van der Waals surface area contributed by atoms with E-state index in [0.717, 1.165) is 55.7 Å². The lowest BCUT2D eigenvalue weighted by molar-refractivity contribution is -0.116. The normalized spacial score (nSPS) is 11.5. The van der Waals surface area contributed by atoms with Crippen LogP contribution in [0.15, 0.2) is 72.1 Å². The van der Waals surface area contributed by atoms with Crippen molar-refractivity contribution in [2.45, 2.75) is 0 Å². The van der Waals surface area contributed by atoms with Gasteiger partial charge >= 0.3 is 0 Å². The fourth-order valence-corrected chi connectivity index (χ4v) is 4.23. The van der Waals surface area contributed by atoms with Gasteiger partial charge in [0.1, 0.15) is 5.69 Å². The standard InChI is InChI=1S/C26H22N8O2/c1-34(2)13-24(35)30-17-7-16(10-27-11-17)21-8-19-23(12-29-21)32-33-26(19)22-9-18-20(31-22)3-5-28-25(18)15-4-6-36-14-15/h3-12,14,31H,13H2,1-2H3,(H,30,35)(H,32,33). The van der Waals surface area contributed by atoms with E-state index in [0.29, 0.717) is 5.69 Å². The molecule has 0 aliphatic rings. The van der Waals surface area contributed by atoms with Crippen LogP contribution in [0, 0.1) is 0 Å². The van der Waals surface area contributed by atoms with Crippen molar-refractivity contribution in [3.8, 4) is 33.9 Å². The number of aromatic amines is 2. The van der Waals surface area contributed by atoms with Crippen LogP contribution < -0.4 is 5.32 Å². The summed E-state index contributed by atoms with van der Waals surface area (Å²) in [5.41, 5.74) is 7.26. The largest absolute Gasteiger partial charge is 0.472 e. The number of H-pyrrole nitrogens is 2. The SMILES string of the molecule is CN(C)CC(=O)Nc1cncc(-c2cc3c(-c4cc5c(-c6ccoc6)nccc5[nH]4)n[nH]c3cn2)c1. The van der Waals surface area contributed by atoms with Crippen LogP contribution >= 0.6 is 0 Å². The van der Waals surface area contributed by atoms with Gasteiger partial charge < -0.3 is 19.6 Å². The lowest BCUT2D eigenvalue weighted by atomic mass is 10.1. The number of hydrogen-bond donors (Lipinski definition) is 3. The van der Waals surface area contributed by atoms with Crippen molar-refractivity contribution in [1.29, 1.82) is 0 Å². The predicted octanol–water partition coefficient (Wildman–Crippen LogP) is 4.32. The lowest BCUT2D eigenvalue weighted by Crippen LogP contribution is -2.27. The first-order valence-electron chi connectivity index (χ1n) is 11.3. The highest BCUT2D eigenvalue weighted by Crippen LogP contribution is 2.34. The van der Waals surface area contributed by atoms with Crippen LogP contribution in [0.2, 0.25) is 0 Å². The van der Waals surface area contributed by atoms with Crippen LogP contribution in [0.5, 0.6) is 0 Å². The summed E-state index contributed by atoms with van der Waals surface area (Å²) in [7, 11) is 3.69. The Morgan fingerprint density at radius 2 is 1.89 bits per heavy atom. The van der Waals surface area contributed by atoms with E-state index in [1.807, 2.05) is 44.4 Å². The number of rotatable bonds is 6. The maximum absolute atomic E-state index is 12.2. The summed E-state index contributed by atoms with van der Waals surface area (Å²) in [5.74, 6) is -0.109. The second-order valence-corrected chi connectivity index (χ2v) is 8.75. The fourth-order valence-electron chi connectivity index (χ4n) is 4.23. The minimum Gasteiger partial charge on any atom is -0.472 e. The fraction of sp³-hybridized carbons (Fsp3) is 0.115. The molecular formula is C26H22N8O2. The number of likely N-dealkylation sites (N-methyl/N-ethyl adjacent to an activating group) is 1. The Morgan fingerprint density at radius 1 is 1.00 bits per heavy atom. The third-order valence-electron chi connectivity index (χ3n) is 5.82. The van der Waals surface area contributed by atoms with Gasteiger partial charge in [-0.3, -0.25) is 24.8 Å². The molecule has 3 N–H and O–H groups in total. The number of hydrogen-bond acceptors (Lipinski definition) is 7. The van der Waals surface area contributed by atoms with Gasteiger partial charge in [-0.05, 0) is 44.4 Å². The molecule has 10 heteroatoms. The van der Waals surface area contributed by atoms with Gasteiger partial charge in [-0.1, -0.05) is 0 Å². The Balaban J connectivity index is 1.38. The van der Waals surface area contributed by atoms with Gasteiger partial charge in [-0.25, -0.2) is 0 Å². The zero-order valence-corrected chi connectivity index (χ0v) is 19.6. The number of furan rings is 1. The molecule has 36 heavy (non-hydrogen) atoms. The van der Waals surface area contributed by atoms with Crippen LogP contribution in [-0.4, -0.2) is 61.6 Å². The number of aromatic nitrogens is 6. The molecule has 10 nitrogen and oxygen atoms in total. The topological polar surface area (TPSA) is 129 Å². The minimum absolute atomic E-state index is 0.109. The Kier molecular flexibility index (Phi) is 5.27. The summed E-state index contributed by atoms with van der Waals surface area (Å²) in [4.78, 5) is 30.8. The molecule has 0 atom stereocenters. The van der Waals surface area contributed by atoms with E-state index >= 15 is 0 Å². The first kappa shape index (κ1) is 21.7. The molecule has 0 aliphatic carbocycles. The Morgan fingerprint density at radius 3 is 2.72 bits per heavy atom. The molecule has 178 valence electrons. The molecule has 6 aromatic rings. The van der Waals surface area contributed by atoms with Crippen molar-refractivity contribution < 1.29 is 9.21 Å². The summed E-state index contributed by atoms with van der Waals surface area (Å²) >= 11 is 0. The van der Waals surface area contributed by atoms with Gasteiger partial charge in [0.05, 0.1) is 59.8 Å². The highest BCUT2D eigenvalue weighted by Gasteiger charge is 2.16. The Bertz CT molecular complexity index is 1700. The molecular weight excluding hydrogens is 456 g/mol. The molecule has 6 aromatic heterocycles. The lowest BCUT2D eigenvalue weighted by Gasteiger charge is -2.10. The molecule has 0 radical (unpaired) electrons. The predicted molar refractivity (Wildman–Crippen MR) is 137 cm³/mol. The van der Waals surface area contributed by atoms with Crippen LogP contribution in [0.1, 0.15) is 0 Å². The molecule has 6 rings (SSSR count). The van der Waals surface area contributed by atoms with Crippen molar-refractivity contribution in [3.63, 3.8) is 0 Å². The molecule has 0 spiro atoms. The van der Waals surface area contributed by atoms with Gasteiger partial charge in [0.2, 0.25) is 5.91 Å². The smallest absolute Gasteiger partial charge is 0.238 e. The van der Waals surface area contributed by atoms with Crippen molar-refractivity contribution in [2.75, 3.05) is 26.0 Å². The second-order valence-electron chi connectivity index (χ2n) is 8.75. The van der Waals surface area contributed by atoms with E-state index in [1.165, 1.54) is 0 Å². The summed E-state index contributed by atoms with van der Waals surface area (Å²) < 4.78 is 5.25. The maximum Gasteiger partial charge on any atom is 0.238 e. The number of amides is 1. The van der Waals surface area contributed by atoms with Gasteiger partial charge in [-0.15, -0.1) is 0 Å². The van der Waals surface area contributed by atoms with Crippen molar-refractivity contribution in [2.24, 2.45) is 0 Å². The van der Waals surface area contributed by atoms with E-state index in [-0.39, 0.29) is 12.5 Å². The molecule has 0 bridgehead atoms. The average Bonchev–Trinajstić information content (AvgIpc) is 3.62. The van der Waals surface area contributed by atoms with Gasteiger partial charge in [-0.2, -0.15) is 5.10 Å². The van der Waals surface area contributed by atoms with E-state index in [2.05, 4.69) is 35.5 Å². The molecule has 0 aliphatic heterocycles. The number of fused-ring (bicyclic) bond motifs is 2. The van der Waals surface area contributed by atoms with E-state index in [4.69, 9.17) is 4.42 Å². The van der Waals surface area contributed by atoms with Crippen LogP contribution in [0.4, 0.5) is 5.69 Å². The van der Waals surface area contributed by atoms with E-state index < -0.39 is 0 Å². The highest BCUT2D eigenvalue weighted by atomic mass is 16.3. The zero-order valence-electron chi connectivity index (χ0n) is 19.6. The van der Waals surface area contributed by atoms with Gasteiger partial charge in [0.25, 0.3) is 0 Å². The highest BCUT2D eigenvalue weighted by molar-refractivity contribution is 6.00. The average molecular weight is 479 g/mol. The molecule has 0 fully saturated rings. The van der Waals surface area contributed by atoms with Crippen molar-refractivity contribution >= 4 is 33.4 Å². The van der Waals surface area contributed by atoms with E-state index in [9.17, 15) is 4.79 Å². The molecule has 1 amide bonds. The Labute approximate surface area is 205 Å². The molecule has 0 unspecified atom stereocenters. The first-order chi connectivity index (χ1) is 17.5. The van der Waals surface area contributed by atoms with Crippen molar-refractivity contribution in [3.05, 3.63) is 67.6 Å². The van der Waals surface area contributed by atoms with Crippen molar-refractivity contribution in [1.82, 2.24) is 35.0 Å². The molecule has 0 aromatic carbocycles. The number of nitrogens with one attached hydrogen (secondary N) is 3. The maximum atomic E-state index is 12.2. The number of carbonyl (C=O) groups excluding carboxylic acids is 1. The molecule has 0 saturated carbocycles. The van der Waals surface area contributed by atoms with E-state index in [1.54, 1.807) is 42.2 Å². The first-order valence-corrected chi connectivity index (χ1v) is 11.3. The summed E-state index contributed by atoms with van der Waals surface area (Å²) in [6.45, 7) is 0.287. The molecule has 0 saturated heterocycles. The quantitative estimate of drug-likeness (QED) is 0.325. The zero-order chi connectivity index (χ0) is 24.6. The minimum atomic E-state index is -0.109. The van der Waals surface area contributed by atoms with Gasteiger partial charge in [0, 0.05) is 39.8 Å². The summed E-state index contributed by atoms with van der Waals surface area (Å²) in [5, 5.41) is 12.4.